The van der Waals surface area contributed by atoms with Gasteiger partial charge in [0, 0.05) is 45.0 Å². The molecule has 1 aromatic heterocycles. The minimum atomic E-state index is -3.52. The molecule has 0 unspecified atom stereocenters. The van der Waals surface area contributed by atoms with E-state index in [1.807, 2.05) is 50.4 Å². The highest BCUT2D eigenvalue weighted by Crippen LogP contribution is 2.14. The van der Waals surface area contributed by atoms with Gasteiger partial charge in [-0.25, -0.2) is 0 Å². The van der Waals surface area contributed by atoms with E-state index in [2.05, 4.69) is 5.10 Å². The topological polar surface area (TPSA) is 58.4 Å². The Labute approximate surface area is 138 Å². The minimum absolute atomic E-state index is 0.331. The van der Waals surface area contributed by atoms with E-state index in [0.29, 0.717) is 19.6 Å². The molecule has 2 rings (SSSR count). The smallest absolute Gasteiger partial charge is 0.273 e. The van der Waals surface area contributed by atoms with Crippen molar-refractivity contribution in [1.29, 1.82) is 0 Å². The highest BCUT2D eigenvalue weighted by atomic mass is 32.2. The molecule has 1 aromatic carbocycles. The maximum absolute atomic E-state index is 12.8. The standard InChI is InChI=1S/C16H24N4O2S/c1-4-19-13-16(11-17-19)14-20(5-2)23(21,22)18(3)12-15-9-7-6-8-10-15/h6-11,13H,4-5,12,14H2,1-3H3. The zero-order valence-electron chi connectivity index (χ0n) is 13.9. The molecule has 6 nitrogen and oxygen atoms in total. The summed E-state index contributed by atoms with van der Waals surface area (Å²) in [7, 11) is -1.90. The van der Waals surface area contributed by atoms with Crippen LogP contribution in [0.3, 0.4) is 0 Å². The first kappa shape index (κ1) is 17.7. The van der Waals surface area contributed by atoms with Crippen LogP contribution >= 0.6 is 0 Å². The van der Waals surface area contributed by atoms with Gasteiger partial charge in [-0.1, -0.05) is 37.3 Å². The second-order valence-electron chi connectivity index (χ2n) is 5.38. The molecule has 1 heterocycles. The summed E-state index contributed by atoms with van der Waals surface area (Å²) in [5, 5.41) is 4.20. The molecule has 0 atom stereocenters. The summed E-state index contributed by atoms with van der Waals surface area (Å²) in [6, 6.07) is 9.59. The lowest BCUT2D eigenvalue weighted by Crippen LogP contribution is -2.41. The van der Waals surface area contributed by atoms with Gasteiger partial charge < -0.3 is 0 Å². The lowest BCUT2D eigenvalue weighted by molar-refractivity contribution is 0.361. The van der Waals surface area contributed by atoms with E-state index < -0.39 is 10.2 Å². The van der Waals surface area contributed by atoms with Gasteiger partial charge >= 0.3 is 0 Å². The van der Waals surface area contributed by atoms with Crippen LogP contribution in [0.25, 0.3) is 0 Å². The summed E-state index contributed by atoms with van der Waals surface area (Å²) in [6.45, 7) is 5.72. The Balaban J connectivity index is 2.11. The van der Waals surface area contributed by atoms with E-state index in [4.69, 9.17) is 0 Å². The number of aryl methyl sites for hydroxylation is 1. The molecule has 0 aliphatic carbocycles. The van der Waals surface area contributed by atoms with Crippen LogP contribution in [0.4, 0.5) is 0 Å². The summed E-state index contributed by atoms with van der Waals surface area (Å²) >= 11 is 0. The molecular formula is C16H24N4O2S. The van der Waals surface area contributed by atoms with Crippen LogP contribution in [0.2, 0.25) is 0 Å². The Kier molecular flexibility index (Phi) is 5.92. The van der Waals surface area contributed by atoms with Gasteiger partial charge in [0.05, 0.1) is 6.20 Å². The van der Waals surface area contributed by atoms with Crippen molar-refractivity contribution in [2.75, 3.05) is 13.6 Å². The third-order valence-electron chi connectivity index (χ3n) is 3.69. The Morgan fingerprint density at radius 3 is 2.35 bits per heavy atom. The lowest BCUT2D eigenvalue weighted by atomic mass is 10.2. The van der Waals surface area contributed by atoms with Gasteiger partial charge in [-0.05, 0) is 12.5 Å². The summed E-state index contributed by atoms with van der Waals surface area (Å²) in [6.07, 6.45) is 3.61. The van der Waals surface area contributed by atoms with Crippen LogP contribution < -0.4 is 0 Å². The fourth-order valence-corrected chi connectivity index (χ4v) is 3.69. The Morgan fingerprint density at radius 2 is 1.78 bits per heavy atom. The molecule has 0 fully saturated rings. The Bertz CT molecular complexity index is 713. The monoisotopic (exact) mass is 336 g/mol. The van der Waals surface area contributed by atoms with Crippen molar-refractivity contribution in [1.82, 2.24) is 18.4 Å². The molecule has 0 spiro atoms. The third-order valence-corrected chi connectivity index (χ3v) is 5.65. The summed E-state index contributed by atoms with van der Waals surface area (Å²) < 4.78 is 30.2. The molecule has 0 aliphatic rings. The number of aromatic nitrogens is 2. The van der Waals surface area contributed by atoms with E-state index in [0.717, 1.165) is 17.7 Å². The molecule has 126 valence electrons. The zero-order valence-corrected chi connectivity index (χ0v) is 14.7. The molecule has 2 aromatic rings. The fraction of sp³-hybridized carbons (Fsp3) is 0.438. The van der Waals surface area contributed by atoms with Gasteiger partial charge in [-0.3, -0.25) is 4.68 Å². The van der Waals surface area contributed by atoms with Gasteiger partial charge in [-0.2, -0.15) is 22.1 Å². The molecular weight excluding hydrogens is 312 g/mol. The van der Waals surface area contributed by atoms with Gasteiger partial charge in [0.2, 0.25) is 0 Å². The first-order valence-corrected chi connectivity index (χ1v) is 9.13. The van der Waals surface area contributed by atoms with Crippen molar-refractivity contribution in [2.24, 2.45) is 0 Å². The molecule has 23 heavy (non-hydrogen) atoms. The van der Waals surface area contributed by atoms with E-state index in [9.17, 15) is 8.42 Å². The maximum Gasteiger partial charge on any atom is 0.282 e. The summed E-state index contributed by atoms with van der Waals surface area (Å²) in [5.41, 5.74) is 1.86. The van der Waals surface area contributed by atoms with Gasteiger partial charge in [0.1, 0.15) is 0 Å². The Morgan fingerprint density at radius 1 is 1.09 bits per heavy atom. The summed E-state index contributed by atoms with van der Waals surface area (Å²) in [5.74, 6) is 0. The zero-order chi connectivity index (χ0) is 16.9. The molecule has 0 saturated carbocycles. The molecule has 0 saturated heterocycles. The van der Waals surface area contributed by atoms with Crippen LogP contribution in [0.5, 0.6) is 0 Å². The van der Waals surface area contributed by atoms with E-state index in [-0.39, 0.29) is 0 Å². The highest BCUT2D eigenvalue weighted by molar-refractivity contribution is 7.86. The predicted molar refractivity (Wildman–Crippen MR) is 90.8 cm³/mol. The number of nitrogens with zero attached hydrogens (tertiary/aromatic N) is 4. The van der Waals surface area contributed by atoms with Gasteiger partial charge in [-0.15, -0.1) is 0 Å². The average molecular weight is 336 g/mol. The number of hydrogen-bond acceptors (Lipinski definition) is 3. The van der Waals surface area contributed by atoms with Gasteiger partial charge in [0.15, 0.2) is 0 Å². The third kappa shape index (κ3) is 4.40. The first-order chi connectivity index (χ1) is 11.0. The highest BCUT2D eigenvalue weighted by Gasteiger charge is 2.26. The molecule has 0 bridgehead atoms. The SMILES string of the molecule is CCN(Cc1cnn(CC)c1)S(=O)(=O)N(C)Cc1ccccc1. The second-order valence-corrected chi connectivity index (χ2v) is 7.42. The van der Waals surface area contributed by atoms with E-state index in [1.165, 1.54) is 8.61 Å². The molecule has 7 heteroatoms. The van der Waals surface area contributed by atoms with Crippen molar-refractivity contribution >= 4 is 10.2 Å². The lowest BCUT2D eigenvalue weighted by Gasteiger charge is -2.26. The first-order valence-electron chi connectivity index (χ1n) is 7.74. The van der Waals surface area contributed by atoms with Crippen LogP contribution in [0.15, 0.2) is 42.7 Å². The Hall–Kier alpha value is -1.70. The number of hydrogen-bond donors (Lipinski definition) is 0. The van der Waals surface area contributed by atoms with Crippen molar-refractivity contribution in [3.63, 3.8) is 0 Å². The van der Waals surface area contributed by atoms with E-state index in [1.54, 1.807) is 17.9 Å². The molecule has 0 N–H and O–H groups in total. The van der Waals surface area contributed by atoms with Crippen molar-refractivity contribution in [3.05, 3.63) is 53.9 Å². The quantitative estimate of drug-likeness (QED) is 0.742. The summed E-state index contributed by atoms with van der Waals surface area (Å²) in [4.78, 5) is 0. The van der Waals surface area contributed by atoms with Gasteiger partial charge in [0.25, 0.3) is 10.2 Å². The maximum atomic E-state index is 12.8. The number of rotatable bonds is 8. The second kappa shape index (κ2) is 7.72. The van der Waals surface area contributed by atoms with Crippen LogP contribution in [-0.4, -0.2) is 40.4 Å². The van der Waals surface area contributed by atoms with Crippen LogP contribution in [0.1, 0.15) is 25.0 Å². The fourth-order valence-electron chi connectivity index (χ4n) is 2.34. The minimum Gasteiger partial charge on any atom is -0.273 e. The average Bonchev–Trinajstić information content (AvgIpc) is 3.01. The molecule has 0 amide bonds. The van der Waals surface area contributed by atoms with Crippen LogP contribution in [-0.2, 0) is 29.8 Å². The number of benzene rings is 1. The van der Waals surface area contributed by atoms with Crippen molar-refractivity contribution in [3.8, 4) is 0 Å². The van der Waals surface area contributed by atoms with Crippen molar-refractivity contribution < 1.29 is 8.42 Å². The normalized spacial score (nSPS) is 12.2. The predicted octanol–water partition coefficient (Wildman–Crippen LogP) is 2.10. The van der Waals surface area contributed by atoms with Crippen molar-refractivity contribution in [2.45, 2.75) is 33.5 Å². The molecule has 0 aliphatic heterocycles. The molecule has 0 radical (unpaired) electrons. The largest absolute Gasteiger partial charge is 0.282 e. The van der Waals surface area contributed by atoms with E-state index >= 15 is 0 Å². The van der Waals surface area contributed by atoms with Crippen LogP contribution in [0, 0.1) is 0 Å².